The number of sulfone groups is 1. The van der Waals surface area contributed by atoms with Gasteiger partial charge < -0.3 is 5.73 Å². The molecule has 2 unspecified atom stereocenters. The van der Waals surface area contributed by atoms with Crippen LogP contribution in [0.2, 0.25) is 0 Å². The monoisotopic (exact) mass is 322 g/mol. The third-order valence-electron chi connectivity index (χ3n) is 4.28. The molecule has 0 radical (unpaired) electrons. The first kappa shape index (κ1) is 18.3. The van der Waals surface area contributed by atoms with Gasteiger partial charge in [-0.15, -0.1) is 0 Å². The first-order chi connectivity index (χ1) is 9.35. The van der Waals surface area contributed by atoms with E-state index >= 15 is 0 Å². The molecular formula is C14H30N2O2S2. The Morgan fingerprint density at radius 1 is 1.35 bits per heavy atom. The van der Waals surface area contributed by atoms with Gasteiger partial charge in [-0.3, -0.25) is 4.90 Å². The molecule has 0 bridgehead atoms. The van der Waals surface area contributed by atoms with Crippen LogP contribution in [0.4, 0.5) is 0 Å². The molecule has 1 rings (SSSR count). The first-order valence-electron chi connectivity index (χ1n) is 7.58. The van der Waals surface area contributed by atoms with Crippen LogP contribution in [-0.4, -0.2) is 55.1 Å². The Bertz CT molecular complexity index is 387. The fraction of sp³-hybridized carbons (Fsp3) is 1.00. The predicted molar refractivity (Wildman–Crippen MR) is 88.9 cm³/mol. The summed E-state index contributed by atoms with van der Waals surface area (Å²) in [5.41, 5.74) is 5.82. The summed E-state index contributed by atoms with van der Waals surface area (Å²) in [6.07, 6.45) is 7.13. The number of hydrogen-bond acceptors (Lipinski definition) is 5. The number of nitrogens with two attached hydrogens (primary N) is 1. The van der Waals surface area contributed by atoms with Gasteiger partial charge in [-0.1, -0.05) is 32.6 Å². The van der Waals surface area contributed by atoms with Crippen molar-refractivity contribution in [1.29, 1.82) is 0 Å². The Hall–Kier alpha value is 0.220. The Labute approximate surface area is 128 Å². The van der Waals surface area contributed by atoms with Crippen molar-refractivity contribution in [2.45, 2.75) is 56.9 Å². The molecule has 0 spiro atoms. The summed E-state index contributed by atoms with van der Waals surface area (Å²) in [4.78, 5) is 2.16. The highest BCUT2D eigenvalue weighted by Gasteiger charge is 2.41. The standard InChI is InChI=1S/C14H30N2O2S2/c1-4-5-6-7-8-14(2,12-15)16-9-10-19-11-13(16)20(3,17)18/h13H,4-12,15H2,1-3H3. The number of nitrogens with zero attached hydrogens (tertiary/aromatic N) is 1. The minimum absolute atomic E-state index is 0.192. The lowest BCUT2D eigenvalue weighted by Crippen LogP contribution is -2.60. The Morgan fingerprint density at radius 3 is 2.60 bits per heavy atom. The molecule has 2 atom stereocenters. The Morgan fingerprint density at radius 2 is 2.05 bits per heavy atom. The summed E-state index contributed by atoms with van der Waals surface area (Å²) < 4.78 is 24.1. The van der Waals surface area contributed by atoms with Crippen LogP contribution in [0.1, 0.15) is 46.0 Å². The van der Waals surface area contributed by atoms with Gasteiger partial charge in [0.15, 0.2) is 9.84 Å². The molecule has 4 nitrogen and oxygen atoms in total. The van der Waals surface area contributed by atoms with Crippen molar-refractivity contribution in [2.75, 3.05) is 30.9 Å². The zero-order chi connectivity index (χ0) is 15.2. The van der Waals surface area contributed by atoms with Crippen LogP contribution in [-0.2, 0) is 9.84 Å². The average molecular weight is 323 g/mol. The largest absolute Gasteiger partial charge is 0.329 e. The Balaban J connectivity index is 2.78. The zero-order valence-corrected chi connectivity index (χ0v) is 14.7. The first-order valence-corrected chi connectivity index (χ1v) is 10.7. The van der Waals surface area contributed by atoms with Crippen molar-refractivity contribution >= 4 is 21.6 Å². The lowest BCUT2D eigenvalue weighted by Gasteiger charge is -2.46. The molecule has 1 fully saturated rings. The van der Waals surface area contributed by atoms with Crippen molar-refractivity contribution in [3.8, 4) is 0 Å². The number of rotatable bonds is 8. The molecule has 0 amide bonds. The summed E-state index contributed by atoms with van der Waals surface area (Å²) >= 11 is 1.73. The molecule has 1 aliphatic rings. The number of thioether (sulfide) groups is 1. The lowest BCUT2D eigenvalue weighted by molar-refractivity contribution is 0.0942. The third kappa shape index (κ3) is 4.90. The van der Waals surface area contributed by atoms with Crippen LogP contribution in [0, 0.1) is 0 Å². The van der Waals surface area contributed by atoms with E-state index in [0.29, 0.717) is 12.3 Å². The predicted octanol–water partition coefficient (Wildman–Crippen LogP) is 2.09. The van der Waals surface area contributed by atoms with E-state index in [1.807, 2.05) is 0 Å². The zero-order valence-electron chi connectivity index (χ0n) is 13.1. The van der Waals surface area contributed by atoms with Crippen LogP contribution >= 0.6 is 11.8 Å². The highest BCUT2D eigenvalue weighted by molar-refractivity contribution is 8.00. The highest BCUT2D eigenvalue weighted by Crippen LogP contribution is 2.31. The molecule has 1 aliphatic heterocycles. The number of hydrogen-bond donors (Lipinski definition) is 1. The third-order valence-corrected chi connectivity index (χ3v) is 6.92. The van der Waals surface area contributed by atoms with Crippen molar-refractivity contribution in [1.82, 2.24) is 4.90 Å². The second-order valence-electron chi connectivity index (χ2n) is 6.06. The topological polar surface area (TPSA) is 63.4 Å². The lowest BCUT2D eigenvalue weighted by atomic mass is 9.92. The van der Waals surface area contributed by atoms with Gasteiger partial charge in [0.2, 0.25) is 0 Å². The maximum atomic E-state index is 12.0. The maximum absolute atomic E-state index is 12.0. The molecule has 6 heteroatoms. The van der Waals surface area contributed by atoms with Crippen LogP contribution < -0.4 is 5.73 Å². The summed E-state index contributed by atoms with van der Waals surface area (Å²) in [5, 5.41) is -0.374. The molecule has 1 heterocycles. The summed E-state index contributed by atoms with van der Waals surface area (Å²) in [7, 11) is -3.05. The normalized spacial score (nSPS) is 24.5. The summed E-state index contributed by atoms with van der Waals surface area (Å²) in [5.74, 6) is 1.67. The molecule has 0 aromatic carbocycles. The SMILES string of the molecule is CCCCCCC(C)(CN)N1CCSCC1S(C)(=O)=O. The van der Waals surface area contributed by atoms with Crippen molar-refractivity contribution in [2.24, 2.45) is 5.73 Å². The van der Waals surface area contributed by atoms with Crippen molar-refractivity contribution in [3.63, 3.8) is 0 Å². The number of unbranched alkanes of at least 4 members (excludes halogenated alkanes) is 3. The van der Waals surface area contributed by atoms with Gasteiger partial charge in [-0.25, -0.2) is 8.42 Å². The molecule has 0 saturated carbocycles. The quantitative estimate of drug-likeness (QED) is 0.693. The molecule has 20 heavy (non-hydrogen) atoms. The van der Waals surface area contributed by atoms with E-state index < -0.39 is 9.84 Å². The second kappa shape index (κ2) is 8.01. The van der Waals surface area contributed by atoms with E-state index in [4.69, 9.17) is 5.73 Å². The van der Waals surface area contributed by atoms with Crippen molar-refractivity contribution < 1.29 is 8.42 Å². The van der Waals surface area contributed by atoms with Gasteiger partial charge in [-0.05, 0) is 13.3 Å². The van der Waals surface area contributed by atoms with Gasteiger partial charge in [-0.2, -0.15) is 11.8 Å². The molecule has 1 saturated heterocycles. The van der Waals surface area contributed by atoms with E-state index in [-0.39, 0.29) is 10.9 Å². The van der Waals surface area contributed by atoms with Gasteiger partial charge in [0.1, 0.15) is 5.37 Å². The fourth-order valence-electron chi connectivity index (χ4n) is 2.85. The highest BCUT2D eigenvalue weighted by atomic mass is 32.2. The van der Waals surface area contributed by atoms with Gasteiger partial charge in [0, 0.05) is 36.4 Å². The molecule has 0 aromatic rings. The minimum atomic E-state index is -3.05. The fourth-order valence-corrected chi connectivity index (χ4v) is 5.82. The van der Waals surface area contributed by atoms with E-state index in [9.17, 15) is 8.42 Å². The van der Waals surface area contributed by atoms with Crippen LogP contribution in [0.25, 0.3) is 0 Å². The van der Waals surface area contributed by atoms with Crippen LogP contribution in [0.5, 0.6) is 0 Å². The molecule has 120 valence electrons. The Kier molecular flexibility index (Phi) is 7.32. The van der Waals surface area contributed by atoms with E-state index in [1.54, 1.807) is 11.8 Å². The van der Waals surface area contributed by atoms with E-state index in [1.165, 1.54) is 25.5 Å². The van der Waals surface area contributed by atoms with Crippen molar-refractivity contribution in [3.05, 3.63) is 0 Å². The minimum Gasteiger partial charge on any atom is -0.329 e. The van der Waals surface area contributed by atoms with Gasteiger partial charge in [0.25, 0.3) is 0 Å². The van der Waals surface area contributed by atoms with E-state index in [0.717, 1.165) is 25.1 Å². The maximum Gasteiger partial charge on any atom is 0.164 e. The summed E-state index contributed by atoms with van der Waals surface area (Å²) in [6, 6.07) is 0. The molecule has 0 aliphatic carbocycles. The summed E-state index contributed by atoms with van der Waals surface area (Å²) in [6.45, 7) is 5.68. The average Bonchev–Trinajstić information content (AvgIpc) is 2.42. The molecular weight excluding hydrogens is 292 g/mol. The second-order valence-corrected chi connectivity index (χ2v) is 9.42. The van der Waals surface area contributed by atoms with Gasteiger partial charge in [0.05, 0.1) is 0 Å². The molecule has 2 N–H and O–H groups in total. The van der Waals surface area contributed by atoms with E-state index in [2.05, 4.69) is 18.7 Å². The van der Waals surface area contributed by atoms with Gasteiger partial charge >= 0.3 is 0 Å². The molecule has 0 aromatic heterocycles. The van der Waals surface area contributed by atoms with Crippen LogP contribution in [0.15, 0.2) is 0 Å². The smallest absolute Gasteiger partial charge is 0.164 e. The van der Waals surface area contributed by atoms with Crippen LogP contribution in [0.3, 0.4) is 0 Å².